The average Bonchev–Trinajstić information content (AvgIpc) is 3.04. The number of rotatable bonds is 5. The number of fused-ring (bicyclic) bond motifs is 1. The van der Waals surface area contributed by atoms with Gasteiger partial charge in [0.1, 0.15) is 17.2 Å². The number of pyridine rings is 1. The normalized spacial score (nSPS) is 13.7. The number of allylic oxidation sites excluding steroid dienone is 1. The number of aryl methyl sites for hydroxylation is 1. The molecule has 1 aliphatic heterocycles. The van der Waals surface area contributed by atoms with Crippen molar-refractivity contribution in [2.24, 2.45) is 0 Å². The summed E-state index contributed by atoms with van der Waals surface area (Å²) in [7, 11) is 1.59. The average molecular weight is 401 g/mol. The van der Waals surface area contributed by atoms with E-state index in [1.54, 1.807) is 62.8 Å². The Balaban J connectivity index is 1.50. The molecular formula is C24H19NO5. The number of ketones is 1. The first-order valence-corrected chi connectivity index (χ1v) is 9.36. The van der Waals surface area contributed by atoms with Crippen molar-refractivity contribution in [1.29, 1.82) is 0 Å². The van der Waals surface area contributed by atoms with E-state index in [4.69, 9.17) is 14.2 Å². The van der Waals surface area contributed by atoms with Gasteiger partial charge in [0.15, 0.2) is 5.76 Å². The van der Waals surface area contributed by atoms with Gasteiger partial charge in [-0.05, 0) is 54.0 Å². The number of carbonyl (C=O) groups excluding carboxylic acids is 2. The first kappa shape index (κ1) is 19.4. The number of nitrogens with zero attached hydrogens (tertiary/aromatic N) is 1. The number of carbonyl (C=O) groups is 2. The summed E-state index contributed by atoms with van der Waals surface area (Å²) >= 11 is 0. The Kier molecular flexibility index (Phi) is 5.30. The van der Waals surface area contributed by atoms with Crippen molar-refractivity contribution in [3.05, 3.63) is 88.9 Å². The van der Waals surface area contributed by atoms with Crippen LogP contribution in [-0.2, 0) is 11.2 Å². The molecule has 0 bridgehead atoms. The quantitative estimate of drug-likeness (QED) is 0.363. The highest BCUT2D eigenvalue weighted by molar-refractivity contribution is 6.15. The summed E-state index contributed by atoms with van der Waals surface area (Å²) in [6.07, 6.45) is 5.06. The van der Waals surface area contributed by atoms with Crippen molar-refractivity contribution in [2.75, 3.05) is 7.11 Å². The second-order valence-corrected chi connectivity index (χ2v) is 6.84. The van der Waals surface area contributed by atoms with Crippen LogP contribution >= 0.6 is 0 Å². The highest BCUT2D eigenvalue weighted by Crippen LogP contribution is 2.37. The molecule has 0 spiro atoms. The predicted molar refractivity (Wildman–Crippen MR) is 111 cm³/mol. The van der Waals surface area contributed by atoms with Crippen molar-refractivity contribution in [2.45, 2.75) is 13.3 Å². The lowest BCUT2D eigenvalue weighted by atomic mass is 10.0. The minimum absolute atomic E-state index is 0.117. The fourth-order valence-corrected chi connectivity index (χ4v) is 3.23. The molecule has 0 saturated carbocycles. The number of aromatic nitrogens is 1. The topological polar surface area (TPSA) is 74.7 Å². The van der Waals surface area contributed by atoms with Crippen LogP contribution in [0.5, 0.6) is 17.2 Å². The van der Waals surface area contributed by atoms with Gasteiger partial charge in [0.05, 0.1) is 19.1 Å². The summed E-state index contributed by atoms with van der Waals surface area (Å²) in [4.78, 5) is 29.1. The van der Waals surface area contributed by atoms with Crippen LogP contribution in [-0.4, -0.2) is 23.8 Å². The zero-order chi connectivity index (χ0) is 21.1. The Morgan fingerprint density at radius 3 is 2.63 bits per heavy atom. The molecule has 0 amide bonds. The van der Waals surface area contributed by atoms with Crippen LogP contribution in [0.15, 0.2) is 66.7 Å². The van der Waals surface area contributed by atoms with Crippen LogP contribution in [0.3, 0.4) is 0 Å². The minimum Gasteiger partial charge on any atom is -0.497 e. The molecule has 3 aromatic rings. The number of esters is 1. The Labute approximate surface area is 173 Å². The van der Waals surface area contributed by atoms with Crippen molar-refractivity contribution >= 4 is 17.8 Å². The zero-order valence-electron chi connectivity index (χ0n) is 16.5. The van der Waals surface area contributed by atoms with Gasteiger partial charge in [0, 0.05) is 18.5 Å². The van der Waals surface area contributed by atoms with E-state index in [2.05, 4.69) is 4.98 Å². The largest absolute Gasteiger partial charge is 0.497 e. The van der Waals surface area contributed by atoms with Crippen LogP contribution in [0, 0.1) is 6.92 Å². The molecule has 30 heavy (non-hydrogen) atoms. The van der Waals surface area contributed by atoms with Gasteiger partial charge >= 0.3 is 5.97 Å². The third kappa shape index (κ3) is 4.07. The van der Waals surface area contributed by atoms with Crippen LogP contribution in [0.25, 0.3) is 6.08 Å². The monoisotopic (exact) mass is 401 g/mol. The molecule has 0 fully saturated rings. The van der Waals surface area contributed by atoms with Crippen molar-refractivity contribution < 1.29 is 23.8 Å². The maximum atomic E-state index is 12.7. The van der Waals surface area contributed by atoms with Gasteiger partial charge in [-0.15, -0.1) is 0 Å². The molecule has 0 radical (unpaired) electrons. The maximum Gasteiger partial charge on any atom is 0.315 e. The number of ether oxygens (including phenoxy) is 3. The van der Waals surface area contributed by atoms with Gasteiger partial charge in [-0.2, -0.15) is 0 Å². The van der Waals surface area contributed by atoms with E-state index in [1.807, 2.05) is 18.2 Å². The number of benzene rings is 2. The van der Waals surface area contributed by atoms with Gasteiger partial charge in [-0.3, -0.25) is 14.6 Å². The molecule has 2 aromatic carbocycles. The SMILES string of the molecule is COc1ccc(CC(=O)Oc2cc(C)c3c(c2)O/C(=C\c2cccnc2)C3=O)cc1. The van der Waals surface area contributed by atoms with E-state index in [9.17, 15) is 9.59 Å². The fraction of sp³-hybridized carbons (Fsp3) is 0.125. The van der Waals surface area contributed by atoms with E-state index in [0.717, 1.165) is 16.9 Å². The van der Waals surface area contributed by atoms with Crippen LogP contribution < -0.4 is 14.2 Å². The number of Topliss-reactive ketones (excluding diaryl/α,β-unsaturated/α-hetero) is 1. The highest BCUT2D eigenvalue weighted by atomic mass is 16.5. The molecule has 6 nitrogen and oxygen atoms in total. The Morgan fingerprint density at radius 1 is 1.13 bits per heavy atom. The molecule has 0 aliphatic carbocycles. The zero-order valence-corrected chi connectivity index (χ0v) is 16.5. The lowest BCUT2D eigenvalue weighted by Gasteiger charge is -2.08. The first-order chi connectivity index (χ1) is 14.5. The molecule has 1 aliphatic rings. The Bertz CT molecular complexity index is 1130. The lowest BCUT2D eigenvalue weighted by Crippen LogP contribution is -2.11. The molecule has 1 aromatic heterocycles. The molecule has 150 valence electrons. The summed E-state index contributed by atoms with van der Waals surface area (Å²) < 4.78 is 16.3. The van der Waals surface area contributed by atoms with Gasteiger partial charge in [0.2, 0.25) is 5.78 Å². The van der Waals surface area contributed by atoms with Crippen molar-refractivity contribution in [3.8, 4) is 17.2 Å². The van der Waals surface area contributed by atoms with Gasteiger partial charge in [-0.25, -0.2) is 0 Å². The van der Waals surface area contributed by atoms with Crippen LogP contribution in [0.2, 0.25) is 0 Å². The van der Waals surface area contributed by atoms with Gasteiger partial charge < -0.3 is 14.2 Å². The predicted octanol–water partition coefficient (Wildman–Crippen LogP) is 4.16. The number of hydrogen-bond donors (Lipinski definition) is 0. The Hall–Kier alpha value is -3.93. The standard InChI is InChI=1S/C24H19NO5/c1-15-10-19(29-22(26)12-16-5-7-18(28-2)8-6-16)13-20-23(15)24(27)21(30-20)11-17-4-3-9-25-14-17/h3-11,13-14H,12H2,1-2H3/b21-11-. The number of methoxy groups -OCH3 is 1. The smallest absolute Gasteiger partial charge is 0.315 e. The van der Waals surface area contributed by atoms with E-state index in [0.29, 0.717) is 22.6 Å². The van der Waals surface area contributed by atoms with E-state index < -0.39 is 5.97 Å². The third-order valence-electron chi connectivity index (χ3n) is 4.67. The minimum atomic E-state index is -0.407. The molecule has 0 N–H and O–H groups in total. The van der Waals surface area contributed by atoms with Crippen LogP contribution in [0.4, 0.5) is 0 Å². The van der Waals surface area contributed by atoms with Crippen molar-refractivity contribution in [1.82, 2.24) is 4.98 Å². The summed E-state index contributed by atoms with van der Waals surface area (Å²) in [5.41, 5.74) is 2.73. The third-order valence-corrected chi connectivity index (χ3v) is 4.67. The maximum absolute atomic E-state index is 12.7. The van der Waals surface area contributed by atoms with E-state index in [-0.39, 0.29) is 18.0 Å². The summed E-state index contributed by atoms with van der Waals surface area (Å²) in [5, 5.41) is 0. The summed E-state index contributed by atoms with van der Waals surface area (Å²) in [5.74, 6) is 1.03. The molecule has 2 heterocycles. The van der Waals surface area contributed by atoms with Gasteiger partial charge in [0.25, 0.3) is 0 Å². The van der Waals surface area contributed by atoms with Crippen molar-refractivity contribution in [3.63, 3.8) is 0 Å². The van der Waals surface area contributed by atoms with E-state index >= 15 is 0 Å². The molecule has 4 rings (SSSR count). The molecule has 0 unspecified atom stereocenters. The molecule has 0 saturated heterocycles. The second-order valence-electron chi connectivity index (χ2n) is 6.84. The van der Waals surface area contributed by atoms with Crippen LogP contribution in [0.1, 0.15) is 27.0 Å². The van der Waals surface area contributed by atoms with E-state index in [1.165, 1.54) is 0 Å². The summed E-state index contributed by atoms with van der Waals surface area (Å²) in [6.45, 7) is 1.79. The molecule has 0 atom stereocenters. The lowest BCUT2D eigenvalue weighted by molar-refractivity contribution is -0.133. The highest BCUT2D eigenvalue weighted by Gasteiger charge is 2.30. The Morgan fingerprint density at radius 2 is 1.93 bits per heavy atom. The molecular weight excluding hydrogens is 382 g/mol. The fourth-order valence-electron chi connectivity index (χ4n) is 3.23. The summed E-state index contributed by atoms with van der Waals surface area (Å²) in [6, 6.07) is 14.0. The van der Waals surface area contributed by atoms with Gasteiger partial charge in [-0.1, -0.05) is 18.2 Å². The number of hydrogen-bond acceptors (Lipinski definition) is 6. The first-order valence-electron chi connectivity index (χ1n) is 9.36. The second kappa shape index (κ2) is 8.21. The molecule has 6 heteroatoms.